The molecular formula is C26H39N5O3. The van der Waals surface area contributed by atoms with Crippen LogP contribution in [0.2, 0.25) is 0 Å². The molecule has 3 bridgehead atoms. The molecule has 6 atom stereocenters. The van der Waals surface area contributed by atoms with Crippen LogP contribution < -0.4 is 16.4 Å². The van der Waals surface area contributed by atoms with Gasteiger partial charge in [-0.05, 0) is 75.0 Å². The first kappa shape index (κ1) is 23.4. The van der Waals surface area contributed by atoms with Crippen LogP contribution in [0.4, 0.5) is 0 Å². The Morgan fingerprint density at radius 2 is 1.94 bits per heavy atom. The Bertz CT molecular complexity index is 935. The Morgan fingerprint density at radius 3 is 2.65 bits per heavy atom. The Labute approximate surface area is 202 Å². The summed E-state index contributed by atoms with van der Waals surface area (Å²) in [6, 6.07) is 0.248. The maximum absolute atomic E-state index is 13.6. The van der Waals surface area contributed by atoms with Crippen molar-refractivity contribution in [3.05, 3.63) is 24.0 Å². The van der Waals surface area contributed by atoms with Crippen molar-refractivity contribution in [2.24, 2.45) is 45.2 Å². The van der Waals surface area contributed by atoms with Gasteiger partial charge in [-0.25, -0.2) is 4.99 Å². The predicted molar refractivity (Wildman–Crippen MR) is 130 cm³/mol. The molecule has 0 aromatic rings. The van der Waals surface area contributed by atoms with Crippen LogP contribution in [0.5, 0.6) is 0 Å². The fourth-order valence-electron chi connectivity index (χ4n) is 7.77. The topological polar surface area (TPSA) is 109 Å². The van der Waals surface area contributed by atoms with E-state index in [2.05, 4.69) is 15.6 Å². The van der Waals surface area contributed by atoms with Gasteiger partial charge in [0.2, 0.25) is 5.91 Å². The molecule has 5 aliphatic rings. The summed E-state index contributed by atoms with van der Waals surface area (Å²) in [5.41, 5.74) is 6.23. The average Bonchev–Trinajstić information content (AvgIpc) is 3.12. The third kappa shape index (κ3) is 3.74. The molecule has 34 heavy (non-hydrogen) atoms. The number of carbonyl (C=O) groups excluding carboxylic acids is 2. The number of nitrogens with one attached hydrogen (secondary N) is 2. The molecule has 5 unspecified atom stereocenters. The first-order chi connectivity index (χ1) is 16.3. The molecule has 1 heterocycles. The van der Waals surface area contributed by atoms with Gasteiger partial charge in [-0.2, -0.15) is 0 Å². The molecule has 1 saturated heterocycles. The lowest BCUT2D eigenvalue weighted by Crippen LogP contribution is -2.52. The van der Waals surface area contributed by atoms with E-state index in [-0.39, 0.29) is 17.9 Å². The zero-order chi connectivity index (χ0) is 24.1. The van der Waals surface area contributed by atoms with Crippen molar-refractivity contribution in [3.63, 3.8) is 0 Å². The van der Waals surface area contributed by atoms with Gasteiger partial charge in [0, 0.05) is 38.6 Å². The molecule has 5 rings (SSSR count). The minimum atomic E-state index is -0.718. The number of hydrogen-bond donors (Lipinski definition) is 3. The molecule has 1 spiro atoms. The fraction of sp³-hybridized carbons (Fsp3) is 0.731. The zero-order valence-electron chi connectivity index (χ0n) is 20.7. The molecule has 4 aliphatic carbocycles. The molecule has 2 amide bonds. The van der Waals surface area contributed by atoms with E-state index in [4.69, 9.17) is 10.5 Å². The molecule has 1 aliphatic heterocycles. The highest BCUT2D eigenvalue weighted by Crippen LogP contribution is 2.75. The summed E-state index contributed by atoms with van der Waals surface area (Å²) in [5, 5.41) is 6.08. The molecule has 0 aromatic heterocycles. The van der Waals surface area contributed by atoms with Crippen LogP contribution >= 0.6 is 0 Å². The van der Waals surface area contributed by atoms with Crippen molar-refractivity contribution in [3.8, 4) is 0 Å². The largest absolute Gasteiger partial charge is 0.404 e. The minimum absolute atomic E-state index is 0.0981. The lowest BCUT2D eigenvalue weighted by molar-refractivity contribution is -0.126. The minimum Gasteiger partial charge on any atom is -0.404 e. The monoisotopic (exact) mass is 469 g/mol. The number of amides is 2. The highest BCUT2D eigenvalue weighted by atomic mass is 16.5. The molecule has 4 N–H and O–H groups in total. The van der Waals surface area contributed by atoms with E-state index in [0.717, 1.165) is 11.8 Å². The van der Waals surface area contributed by atoms with Gasteiger partial charge in [-0.15, -0.1) is 0 Å². The maximum Gasteiger partial charge on any atom is 0.256 e. The lowest BCUT2D eigenvalue weighted by Gasteiger charge is -2.50. The number of carbonyl (C=O) groups is 2. The van der Waals surface area contributed by atoms with E-state index in [9.17, 15) is 9.59 Å². The van der Waals surface area contributed by atoms with Gasteiger partial charge >= 0.3 is 0 Å². The summed E-state index contributed by atoms with van der Waals surface area (Å²) in [7, 11) is 1.62. The summed E-state index contributed by atoms with van der Waals surface area (Å²) >= 11 is 0. The summed E-state index contributed by atoms with van der Waals surface area (Å²) < 4.78 is 5.51. The van der Waals surface area contributed by atoms with E-state index in [1.54, 1.807) is 19.3 Å². The average molecular weight is 470 g/mol. The molecule has 0 aromatic carbocycles. The molecule has 8 heteroatoms. The van der Waals surface area contributed by atoms with E-state index < -0.39 is 5.41 Å². The van der Waals surface area contributed by atoms with Crippen LogP contribution in [0, 0.1) is 34.5 Å². The third-order valence-corrected chi connectivity index (χ3v) is 9.36. The van der Waals surface area contributed by atoms with Gasteiger partial charge in [0.05, 0.1) is 24.2 Å². The van der Waals surface area contributed by atoms with Crippen molar-refractivity contribution in [2.75, 3.05) is 33.4 Å². The van der Waals surface area contributed by atoms with Crippen molar-refractivity contribution < 1.29 is 14.3 Å². The highest BCUT2D eigenvalue weighted by molar-refractivity contribution is 6.20. The lowest BCUT2D eigenvalue weighted by atomic mass is 9.55. The number of nitrogens with zero attached hydrogens (tertiary/aromatic N) is 2. The second-order valence-corrected chi connectivity index (χ2v) is 11.5. The Kier molecular flexibility index (Phi) is 5.99. The van der Waals surface area contributed by atoms with Gasteiger partial charge in [0.1, 0.15) is 5.84 Å². The van der Waals surface area contributed by atoms with E-state index in [1.807, 2.05) is 18.7 Å². The van der Waals surface area contributed by atoms with Crippen LogP contribution in [0.3, 0.4) is 0 Å². The summed E-state index contributed by atoms with van der Waals surface area (Å²) in [6.07, 6.45) is 11.3. The quantitative estimate of drug-likeness (QED) is 0.312. The Balaban J connectivity index is 1.35. The van der Waals surface area contributed by atoms with Crippen LogP contribution in [-0.2, 0) is 14.3 Å². The van der Waals surface area contributed by atoms with Crippen molar-refractivity contribution in [2.45, 2.75) is 52.0 Å². The van der Waals surface area contributed by atoms with Crippen LogP contribution in [-0.4, -0.2) is 61.9 Å². The number of rotatable bonds is 6. The number of morpholine rings is 1. The van der Waals surface area contributed by atoms with Crippen molar-refractivity contribution in [1.29, 1.82) is 0 Å². The summed E-state index contributed by atoms with van der Waals surface area (Å²) in [4.78, 5) is 32.5. The number of aliphatic imine (C=N–C) groups is 1. The smallest absolute Gasteiger partial charge is 0.256 e. The standard InChI is InChI=1S/C26H39N5O3/c1-25(2,24(33)28-3)4-5-29-22(31-6-8-34-9-7-31)19(15-27)23(32)30-21-17-10-16-11-18-12-20(21)26(18,13-16)14-17/h4-5,15-18,20-21H,6-14,27H2,1-3H3,(H,28,33)(H,30,32)/b5-4+,19-15+,29-22-/t16?,17?,18?,20?,21-,26?/m1/s1. The van der Waals surface area contributed by atoms with Crippen LogP contribution in [0.25, 0.3) is 0 Å². The molecule has 5 fully saturated rings. The van der Waals surface area contributed by atoms with E-state index >= 15 is 0 Å². The molecule has 8 nitrogen and oxygen atoms in total. The second kappa shape index (κ2) is 8.70. The van der Waals surface area contributed by atoms with Crippen molar-refractivity contribution >= 4 is 17.6 Å². The highest BCUT2D eigenvalue weighted by Gasteiger charge is 2.70. The molecule has 186 valence electrons. The fourth-order valence-corrected chi connectivity index (χ4v) is 7.77. The summed E-state index contributed by atoms with van der Waals surface area (Å²) in [6.45, 7) is 6.08. The second-order valence-electron chi connectivity index (χ2n) is 11.5. The van der Waals surface area contributed by atoms with Gasteiger partial charge in [0.25, 0.3) is 5.91 Å². The maximum atomic E-state index is 13.6. The Hall–Kier alpha value is -2.35. The van der Waals surface area contributed by atoms with Gasteiger partial charge in [-0.3, -0.25) is 9.59 Å². The first-order valence-electron chi connectivity index (χ1n) is 12.8. The number of amidine groups is 1. The van der Waals surface area contributed by atoms with Crippen LogP contribution in [0.1, 0.15) is 46.0 Å². The normalized spacial score (nSPS) is 37.0. The van der Waals surface area contributed by atoms with Crippen LogP contribution in [0.15, 0.2) is 29.0 Å². The molecular weight excluding hydrogens is 430 g/mol. The first-order valence-corrected chi connectivity index (χ1v) is 12.8. The van der Waals surface area contributed by atoms with Crippen molar-refractivity contribution in [1.82, 2.24) is 15.5 Å². The van der Waals surface area contributed by atoms with Gasteiger partial charge in [0.15, 0.2) is 0 Å². The van der Waals surface area contributed by atoms with E-state index in [1.165, 1.54) is 38.3 Å². The number of hydrogen-bond acceptors (Lipinski definition) is 5. The van der Waals surface area contributed by atoms with Gasteiger partial charge < -0.3 is 26.0 Å². The number of nitrogens with two attached hydrogens (primary N) is 1. The SMILES string of the molecule is CNC(=O)C(C)(C)/C=C/N=C(/C(=C\N)C(=O)N[C@@H]1C2CC3CC4CC1C4(C3)C2)N1CCOCC1. The van der Waals surface area contributed by atoms with Gasteiger partial charge in [-0.1, -0.05) is 6.08 Å². The predicted octanol–water partition coefficient (Wildman–Crippen LogP) is 1.79. The van der Waals surface area contributed by atoms with E-state index in [0.29, 0.717) is 55.0 Å². The number of fused-ring (bicyclic) bond motifs is 2. The number of ether oxygens (including phenoxy) is 1. The molecule has 4 saturated carbocycles. The Morgan fingerprint density at radius 1 is 1.18 bits per heavy atom. The zero-order valence-corrected chi connectivity index (χ0v) is 20.7. The summed E-state index contributed by atoms with van der Waals surface area (Å²) in [5.74, 6) is 3.27. The molecule has 0 radical (unpaired) electrons. The third-order valence-electron chi connectivity index (χ3n) is 9.36.